The molecule has 1 aromatic heterocycles. The fourth-order valence-electron chi connectivity index (χ4n) is 2.30. The van der Waals surface area contributed by atoms with Crippen LogP contribution in [0.25, 0.3) is 0 Å². The Balaban J connectivity index is 0.00000392. The molecule has 156 valence electrons. The van der Waals surface area contributed by atoms with Crippen LogP contribution < -0.4 is 15.4 Å². The van der Waals surface area contributed by atoms with E-state index >= 15 is 0 Å². The molecule has 10 heteroatoms. The van der Waals surface area contributed by atoms with E-state index in [0.717, 1.165) is 23.4 Å². The molecule has 1 heterocycles. The molecule has 28 heavy (non-hydrogen) atoms. The molecule has 1 aromatic carbocycles. The smallest absolute Gasteiger partial charge is 0.213 e. The molecule has 0 aliphatic carbocycles. The molecule has 0 aliphatic heterocycles. The lowest BCUT2D eigenvalue weighted by molar-refractivity contribution is 0.580. The zero-order valence-electron chi connectivity index (χ0n) is 16.1. The molecule has 0 aliphatic rings. The fourth-order valence-corrected chi connectivity index (χ4v) is 4.06. The van der Waals surface area contributed by atoms with Crippen LogP contribution in [0, 0.1) is 0 Å². The Labute approximate surface area is 188 Å². The molecule has 2 aromatic rings. The van der Waals surface area contributed by atoms with Crippen LogP contribution in [-0.4, -0.2) is 45.3 Å². The van der Waals surface area contributed by atoms with E-state index in [4.69, 9.17) is 0 Å². The molecule has 2 rings (SSSR count). The molecule has 0 radical (unpaired) electrons. The third-order valence-electron chi connectivity index (χ3n) is 3.81. The largest absolute Gasteiger partial charge is 0.356 e. The summed E-state index contributed by atoms with van der Waals surface area (Å²) in [5, 5.41) is 7.29. The summed E-state index contributed by atoms with van der Waals surface area (Å²) in [6, 6.07) is 9.44. The van der Waals surface area contributed by atoms with Gasteiger partial charge < -0.3 is 10.6 Å². The van der Waals surface area contributed by atoms with Gasteiger partial charge in [0.25, 0.3) is 0 Å². The van der Waals surface area contributed by atoms with Gasteiger partial charge in [0.2, 0.25) is 10.0 Å². The van der Waals surface area contributed by atoms with Crippen molar-refractivity contribution in [3.63, 3.8) is 0 Å². The minimum absolute atomic E-state index is 0. The van der Waals surface area contributed by atoms with Gasteiger partial charge in [-0.1, -0.05) is 37.3 Å². The van der Waals surface area contributed by atoms with E-state index in [-0.39, 0.29) is 36.3 Å². The molecule has 0 saturated heterocycles. The monoisotopic (exact) mass is 537 g/mol. The molecular formula is C18H28IN5O2S2. The quantitative estimate of drug-likeness (QED) is 0.245. The van der Waals surface area contributed by atoms with E-state index in [0.29, 0.717) is 19.0 Å². The Morgan fingerprint density at radius 1 is 1.18 bits per heavy atom. The van der Waals surface area contributed by atoms with E-state index in [1.54, 1.807) is 18.4 Å². The summed E-state index contributed by atoms with van der Waals surface area (Å²) in [5.41, 5.74) is 0.930. The summed E-state index contributed by atoms with van der Waals surface area (Å²) in [6.07, 6.45) is 3.73. The summed E-state index contributed by atoms with van der Waals surface area (Å²) in [7, 11) is -1.69. The summed E-state index contributed by atoms with van der Waals surface area (Å²) >= 11 is 1.72. The number of nitrogens with one attached hydrogen (secondary N) is 3. The molecule has 0 unspecified atom stereocenters. The Bertz CT molecular complexity index is 826. The maximum atomic E-state index is 12.1. The highest BCUT2D eigenvalue weighted by molar-refractivity contribution is 14.0. The van der Waals surface area contributed by atoms with Crippen molar-refractivity contribution in [3.05, 3.63) is 52.0 Å². The van der Waals surface area contributed by atoms with Crippen LogP contribution >= 0.6 is 35.3 Å². The van der Waals surface area contributed by atoms with Gasteiger partial charge in [0.15, 0.2) is 5.96 Å². The van der Waals surface area contributed by atoms with Crippen LogP contribution in [0.2, 0.25) is 0 Å². The molecule has 0 amide bonds. The van der Waals surface area contributed by atoms with E-state index in [9.17, 15) is 8.42 Å². The van der Waals surface area contributed by atoms with E-state index in [1.807, 2.05) is 36.5 Å². The number of benzene rings is 1. The highest BCUT2D eigenvalue weighted by Crippen LogP contribution is 2.13. The highest BCUT2D eigenvalue weighted by Gasteiger charge is 2.10. The standard InChI is InChI=1S/C18H27N5O2S2.HI/c1-3-16-14-22-17(26-16)9-10-20-18(19-2)21-11-12-27(24,25)23-13-15-7-5-4-6-8-15;/h4-8,14,23H,3,9-13H2,1-2H3,(H2,19,20,21);1H. The number of halogens is 1. The van der Waals surface area contributed by atoms with Crippen molar-refractivity contribution in [2.24, 2.45) is 4.99 Å². The summed E-state index contributed by atoms with van der Waals surface area (Å²) in [4.78, 5) is 9.77. The molecule has 0 spiro atoms. The molecular weight excluding hydrogens is 509 g/mol. The van der Waals surface area contributed by atoms with E-state index in [2.05, 4.69) is 32.3 Å². The van der Waals surface area contributed by atoms with Crippen LogP contribution in [0.3, 0.4) is 0 Å². The Morgan fingerprint density at radius 2 is 1.89 bits per heavy atom. The van der Waals surface area contributed by atoms with Crippen LogP contribution in [0.1, 0.15) is 22.4 Å². The van der Waals surface area contributed by atoms with Gasteiger partial charge in [0, 0.05) is 44.2 Å². The number of thiazole rings is 1. The van der Waals surface area contributed by atoms with Gasteiger partial charge in [-0.15, -0.1) is 35.3 Å². The number of aromatic nitrogens is 1. The Kier molecular flexibility index (Phi) is 11.6. The average Bonchev–Trinajstić information content (AvgIpc) is 3.14. The fraction of sp³-hybridized carbons (Fsp3) is 0.444. The maximum Gasteiger partial charge on any atom is 0.213 e. The van der Waals surface area contributed by atoms with Crippen molar-refractivity contribution in [1.29, 1.82) is 0 Å². The van der Waals surface area contributed by atoms with Crippen molar-refractivity contribution in [1.82, 2.24) is 20.3 Å². The van der Waals surface area contributed by atoms with Gasteiger partial charge in [-0.3, -0.25) is 4.99 Å². The third kappa shape index (κ3) is 9.30. The van der Waals surface area contributed by atoms with Crippen molar-refractivity contribution in [2.75, 3.05) is 25.9 Å². The van der Waals surface area contributed by atoms with Crippen LogP contribution in [-0.2, 0) is 29.4 Å². The lowest BCUT2D eigenvalue weighted by Crippen LogP contribution is -2.41. The number of hydrogen-bond acceptors (Lipinski definition) is 5. The third-order valence-corrected chi connectivity index (χ3v) is 6.33. The van der Waals surface area contributed by atoms with E-state index in [1.165, 1.54) is 4.88 Å². The SMILES string of the molecule is CCc1cnc(CCNC(=NC)NCCS(=O)(=O)NCc2ccccc2)s1.I. The minimum Gasteiger partial charge on any atom is -0.356 e. The zero-order chi connectivity index (χ0) is 19.5. The van der Waals surface area contributed by atoms with E-state index < -0.39 is 10.0 Å². The number of aliphatic imine (C=N–C) groups is 1. The van der Waals surface area contributed by atoms with Crippen molar-refractivity contribution in [3.8, 4) is 0 Å². The molecule has 0 atom stereocenters. The van der Waals surface area contributed by atoms with Gasteiger partial charge >= 0.3 is 0 Å². The van der Waals surface area contributed by atoms with Gasteiger partial charge in [0.05, 0.1) is 10.8 Å². The first-order valence-corrected chi connectivity index (χ1v) is 11.4. The van der Waals surface area contributed by atoms with Gasteiger partial charge in [-0.05, 0) is 12.0 Å². The Hall–Kier alpha value is -1.24. The molecule has 0 saturated carbocycles. The second-order valence-electron chi connectivity index (χ2n) is 5.88. The van der Waals surface area contributed by atoms with Crippen LogP contribution in [0.4, 0.5) is 0 Å². The zero-order valence-corrected chi connectivity index (χ0v) is 20.1. The number of nitrogens with zero attached hydrogens (tertiary/aromatic N) is 2. The summed E-state index contributed by atoms with van der Waals surface area (Å²) in [6.45, 7) is 3.38. The van der Waals surface area contributed by atoms with Gasteiger partial charge in [0.1, 0.15) is 0 Å². The number of rotatable bonds is 10. The first kappa shape index (κ1) is 24.8. The second kappa shape index (κ2) is 13.1. The summed E-state index contributed by atoms with van der Waals surface area (Å²) < 4.78 is 26.8. The predicted octanol–water partition coefficient (Wildman–Crippen LogP) is 2.15. The van der Waals surface area contributed by atoms with Crippen molar-refractivity contribution >= 4 is 51.3 Å². The number of guanidine groups is 1. The van der Waals surface area contributed by atoms with Gasteiger partial charge in [-0.25, -0.2) is 18.1 Å². The van der Waals surface area contributed by atoms with Gasteiger partial charge in [-0.2, -0.15) is 0 Å². The first-order valence-electron chi connectivity index (χ1n) is 8.91. The molecule has 3 N–H and O–H groups in total. The molecule has 7 nitrogen and oxygen atoms in total. The van der Waals surface area contributed by atoms with Crippen molar-refractivity contribution < 1.29 is 8.42 Å². The van der Waals surface area contributed by atoms with Crippen LogP contribution in [0.15, 0.2) is 41.5 Å². The number of aryl methyl sites for hydroxylation is 1. The number of sulfonamides is 1. The number of hydrogen-bond donors (Lipinski definition) is 3. The first-order chi connectivity index (χ1) is 13.0. The predicted molar refractivity (Wildman–Crippen MR) is 127 cm³/mol. The molecule has 0 fully saturated rings. The maximum absolute atomic E-state index is 12.1. The van der Waals surface area contributed by atoms with Crippen molar-refractivity contribution in [2.45, 2.75) is 26.3 Å². The lowest BCUT2D eigenvalue weighted by atomic mass is 10.2. The van der Waals surface area contributed by atoms with Crippen LogP contribution in [0.5, 0.6) is 0 Å². The second-order valence-corrected chi connectivity index (χ2v) is 9.00. The Morgan fingerprint density at radius 3 is 2.54 bits per heavy atom. The highest BCUT2D eigenvalue weighted by atomic mass is 127. The summed E-state index contributed by atoms with van der Waals surface area (Å²) in [5.74, 6) is 0.563. The molecule has 0 bridgehead atoms. The minimum atomic E-state index is -3.35. The lowest BCUT2D eigenvalue weighted by Gasteiger charge is -2.12. The topological polar surface area (TPSA) is 95.5 Å². The average molecular weight is 537 g/mol. The normalized spacial score (nSPS) is 11.7.